The van der Waals surface area contributed by atoms with E-state index in [1.165, 1.54) is 0 Å². The lowest BCUT2D eigenvalue weighted by atomic mass is 9.86. The van der Waals surface area contributed by atoms with Crippen LogP contribution in [0.25, 0.3) is 0 Å². The maximum atomic E-state index is 12.2. The molecule has 0 bridgehead atoms. The van der Waals surface area contributed by atoms with Crippen LogP contribution < -0.4 is 5.43 Å². The van der Waals surface area contributed by atoms with Crippen LogP contribution >= 0.6 is 0 Å². The summed E-state index contributed by atoms with van der Waals surface area (Å²) in [7, 11) is 0. The molecule has 1 saturated heterocycles. The standard InChI is InChI=1S/C8H16F2N2/c1-8(2,3)6-4-5-12(11-6)7(9)10/h6-7,11H,4-5H2,1-3H3. The van der Waals surface area contributed by atoms with Gasteiger partial charge in [-0.25, -0.2) is 5.43 Å². The number of halogens is 2. The van der Waals surface area contributed by atoms with E-state index in [2.05, 4.69) is 26.2 Å². The maximum Gasteiger partial charge on any atom is 0.306 e. The maximum absolute atomic E-state index is 12.2. The molecule has 0 saturated carbocycles. The van der Waals surface area contributed by atoms with Gasteiger partial charge in [0.15, 0.2) is 0 Å². The van der Waals surface area contributed by atoms with E-state index in [4.69, 9.17) is 0 Å². The molecule has 1 heterocycles. The summed E-state index contributed by atoms with van der Waals surface area (Å²) in [4.78, 5) is 0. The monoisotopic (exact) mass is 178 g/mol. The van der Waals surface area contributed by atoms with Crippen molar-refractivity contribution in [3.63, 3.8) is 0 Å². The average molecular weight is 178 g/mol. The van der Waals surface area contributed by atoms with Crippen LogP contribution in [-0.4, -0.2) is 24.1 Å². The van der Waals surface area contributed by atoms with Gasteiger partial charge in [-0.15, -0.1) is 0 Å². The molecule has 0 spiro atoms. The fourth-order valence-electron chi connectivity index (χ4n) is 1.38. The van der Waals surface area contributed by atoms with Gasteiger partial charge in [-0.2, -0.15) is 13.8 Å². The van der Waals surface area contributed by atoms with E-state index in [0.29, 0.717) is 6.54 Å². The van der Waals surface area contributed by atoms with Gasteiger partial charge in [-0.3, -0.25) is 0 Å². The van der Waals surface area contributed by atoms with Gasteiger partial charge < -0.3 is 0 Å². The zero-order chi connectivity index (χ0) is 9.35. The van der Waals surface area contributed by atoms with E-state index in [1.807, 2.05) is 0 Å². The summed E-state index contributed by atoms with van der Waals surface area (Å²) >= 11 is 0. The molecule has 2 nitrogen and oxygen atoms in total. The lowest BCUT2D eigenvalue weighted by Gasteiger charge is -2.27. The second-order valence-electron chi connectivity index (χ2n) is 4.31. The molecular formula is C8H16F2N2. The highest BCUT2D eigenvalue weighted by molar-refractivity contribution is 4.84. The van der Waals surface area contributed by atoms with Crippen molar-refractivity contribution >= 4 is 0 Å². The normalized spacial score (nSPS) is 27.0. The Morgan fingerprint density at radius 1 is 1.42 bits per heavy atom. The summed E-state index contributed by atoms with van der Waals surface area (Å²) in [5.74, 6) is 0. The number of hydrogen-bond donors (Lipinski definition) is 1. The van der Waals surface area contributed by atoms with Crippen molar-refractivity contribution in [2.24, 2.45) is 5.41 Å². The third kappa shape index (κ3) is 2.14. The Morgan fingerprint density at radius 3 is 2.25 bits per heavy atom. The van der Waals surface area contributed by atoms with Crippen molar-refractivity contribution in [3.8, 4) is 0 Å². The molecule has 1 aliphatic rings. The quantitative estimate of drug-likeness (QED) is 0.616. The van der Waals surface area contributed by atoms with Crippen LogP contribution in [0.2, 0.25) is 0 Å². The number of nitrogens with one attached hydrogen (secondary N) is 1. The summed E-state index contributed by atoms with van der Waals surface area (Å²) in [6.45, 7) is 4.23. The van der Waals surface area contributed by atoms with Crippen molar-refractivity contribution in [3.05, 3.63) is 0 Å². The van der Waals surface area contributed by atoms with Crippen LogP contribution in [0.15, 0.2) is 0 Å². The SMILES string of the molecule is CC(C)(C)C1CCN(C(F)F)N1. The molecule has 0 aliphatic carbocycles. The molecule has 72 valence electrons. The summed E-state index contributed by atoms with van der Waals surface area (Å²) < 4.78 is 24.3. The Hall–Kier alpha value is -0.220. The minimum atomic E-state index is -2.38. The largest absolute Gasteiger partial charge is 0.306 e. The highest BCUT2D eigenvalue weighted by Crippen LogP contribution is 2.26. The molecule has 1 rings (SSSR count). The second kappa shape index (κ2) is 3.26. The summed E-state index contributed by atoms with van der Waals surface area (Å²) in [5.41, 5.74) is 2.87. The smallest absolute Gasteiger partial charge is 0.247 e. The number of alkyl halides is 2. The molecule has 1 fully saturated rings. The number of hydrogen-bond acceptors (Lipinski definition) is 2. The van der Waals surface area contributed by atoms with E-state index in [0.717, 1.165) is 11.4 Å². The molecule has 0 radical (unpaired) electrons. The Balaban J connectivity index is 2.46. The molecule has 1 N–H and O–H groups in total. The van der Waals surface area contributed by atoms with Crippen LogP contribution in [0.4, 0.5) is 8.78 Å². The van der Waals surface area contributed by atoms with E-state index < -0.39 is 6.55 Å². The average Bonchev–Trinajstić information content (AvgIpc) is 2.30. The molecule has 1 aliphatic heterocycles. The van der Waals surface area contributed by atoms with Gasteiger partial charge >= 0.3 is 6.55 Å². The third-order valence-electron chi connectivity index (χ3n) is 2.26. The molecule has 1 unspecified atom stereocenters. The molecule has 1 atom stereocenters. The van der Waals surface area contributed by atoms with Crippen molar-refractivity contribution < 1.29 is 8.78 Å². The molecule has 12 heavy (non-hydrogen) atoms. The zero-order valence-electron chi connectivity index (χ0n) is 7.77. The number of hydrazine groups is 1. The first-order valence-corrected chi connectivity index (χ1v) is 4.22. The van der Waals surface area contributed by atoms with Gasteiger partial charge in [0.25, 0.3) is 0 Å². The van der Waals surface area contributed by atoms with Crippen molar-refractivity contribution in [1.29, 1.82) is 0 Å². The number of rotatable bonds is 1. The van der Waals surface area contributed by atoms with Gasteiger partial charge in [0.2, 0.25) is 0 Å². The van der Waals surface area contributed by atoms with Crippen LogP contribution in [0.5, 0.6) is 0 Å². The topological polar surface area (TPSA) is 15.3 Å². The van der Waals surface area contributed by atoms with Gasteiger partial charge in [0.05, 0.1) is 0 Å². The minimum Gasteiger partial charge on any atom is -0.247 e. The Morgan fingerprint density at radius 2 is 2.00 bits per heavy atom. The fourth-order valence-corrected chi connectivity index (χ4v) is 1.38. The molecule has 0 amide bonds. The predicted molar refractivity (Wildman–Crippen MR) is 43.7 cm³/mol. The lowest BCUT2D eigenvalue weighted by molar-refractivity contribution is -0.0484. The van der Waals surface area contributed by atoms with Crippen LogP contribution in [0.1, 0.15) is 27.2 Å². The van der Waals surface area contributed by atoms with Gasteiger partial charge in [0, 0.05) is 12.6 Å². The van der Waals surface area contributed by atoms with Gasteiger partial charge in [-0.05, 0) is 11.8 Å². The van der Waals surface area contributed by atoms with Gasteiger partial charge in [-0.1, -0.05) is 20.8 Å². The van der Waals surface area contributed by atoms with E-state index in [1.54, 1.807) is 0 Å². The van der Waals surface area contributed by atoms with Gasteiger partial charge in [0.1, 0.15) is 0 Å². The van der Waals surface area contributed by atoms with E-state index in [-0.39, 0.29) is 11.5 Å². The highest BCUT2D eigenvalue weighted by atomic mass is 19.3. The van der Waals surface area contributed by atoms with E-state index >= 15 is 0 Å². The molecular weight excluding hydrogens is 162 g/mol. The van der Waals surface area contributed by atoms with E-state index in [9.17, 15) is 8.78 Å². The van der Waals surface area contributed by atoms with Crippen LogP contribution in [0, 0.1) is 5.41 Å². The summed E-state index contributed by atoms with van der Waals surface area (Å²) in [5, 5.41) is 1.01. The van der Waals surface area contributed by atoms with Crippen LogP contribution in [0.3, 0.4) is 0 Å². The second-order valence-corrected chi connectivity index (χ2v) is 4.31. The zero-order valence-corrected chi connectivity index (χ0v) is 7.77. The summed E-state index contributed by atoms with van der Waals surface area (Å²) in [6.07, 6.45) is 0.799. The van der Waals surface area contributed by atoms with Crippen molar-refractivity contribution in [2.45, 2.75) is 39.8 Å². The minimum absolute atomic E-state index is 0.0592. The Kier molecular flexibility index (Phi) is 2.68. The summed E-state index contributed by atoms with van der Waals surface area (Å²) in [6, 6.07) is 0.173. The molecule has 0 aromatic heterocycles. The molecule has 0 aromatic rings. The highest BCUT2D eigenvalue weighted by Gasteiger charge is 2.34. The third-order valence-corrected chi connectivity index (χ3v) is 2.26. The lowest BCUT2D eigenvalue weighted by Crippen LogP contribution is -2.43. The predicted octanol–water partition coefficient (Wildman–Crippen LogP) is 1.83. The first-order chi connectivity index (χ1) is 5.41. The Labute approximate surface area is 71.9 Å². The number of nitrogens with zero attached hydrogens (tertiary/aromatic N) is 1. The first kappa shape index (κ1) is 9.86. The van der Waals surface area contributed by atoms with Crippen LogP contribution in [-0.2, 0) is 0 Å². The van der Waals surface area contributed by atoms with Crippen molar-refractivity contribution in [2.75, 3.05) is 6.54 Å². The fraction of sp³-hybridized carbons (Fsp3) is 1.00. The van der Waals surface area contributed by atoms with Crippen molar-refractivity contribution in [1.82, 2.24) is 10.4 Å². The molecule has 0 aromatic carbocycles. The first-order valence-electron chi connectivity index (χ1n) is 4.22. The molecule has 4 heteroatoms. The Bertz CT molecular complexity index is 154.